The van der Waals surface area contributed by atoms with E-state index in [1.54, 1.807) is 0 Å². The molecule has 1 N–H and O–H groups in total. The van der Waals surface area contributed by atoms with Gasteiger partial charge in [0.15, 0.2) is 0 Å². The van der Waals surface area contributed by atoms with E-state index in [0.717, 1.165) is 11.3 Å². The summed E-state index contributed by atoms with van der Waals surface area (Å²) in [6, 6.07) is 7.79. The molecule has 3 nitrogen and oxygen atoms in total. The van der Waals surface area contributed by atoms with Crippen LogP contribution in [0.25, 0.3) is 0 Å². The van der Waals surface area contributed by atoms with Crippen molar-refractivity contribution in [1.29, 1.82) is 0 Å². The van der Waals surface area contributed by atoms with Crippen LogP contribution in [0.3, 0.4) is 0 Å². The largest absolute Gasteiger partial charge is 0.446 e. The molecule has 1 aliphatic heterocycles. The molecule has 3 heteroatoms. The molecule has 0 aromatic heterocycles. The normalized spacial score (nSPS) is 25.7. The van der Waals surface area contributed by atoms with Gasteiger partial charge >= 0.3 is 6.09 Å². The number of carbonyl (C=O) groups excluding carboxylic acids is 1. The molecule has 2 rings (SSSR count). The minimum atomic E-state index is -0.366. The van der Waals surface area contributed by atoms with Gasteiger partial charge in [-0.3, -0.25) is 5.32 Å². The Morgan fingerprint density at radius 2 is 2.00 bits per heavy atom. The summed E-state index contributed by atoms with van der Waals surface area (Å²) >= 11 is 0. The van der Waals surface area contributed by atoms with Gasteiger partial charge in [-0.05, 0) is 18.6 Å². The van der Waals surface area contributed by atoms with Gasteiger partial charge in [0.1, 0.15) is 6.10 Å². The molecule has 14 heavy (non-hydrogen) atoms. The Kier molecular flexibility index (Phi) is 2.15. The number of ether oxygens (including phenoxy) is 1. The predicted molar refractivity (Wildman–Crippen MR) is 54.4 cm³/mol. The van der Waals surface area contributed by atoms with E-state index < -0.39 is 0 Å². The Morgan fingerprint density at radius 1 is 1.29 bits per heavy atom. The number of amides is 1. The second-order valence-electron chi connectivity index (χ2n) is 3.61. The summed E-state index contributed by atoms with van der Waals surface area (Å²) < 4.78 is 5.16. The Labute approximate surface area is 83.1 Å². The van der Waals surface area contributed by atoms with Gasteiger partial charge in [-0.25, -0.2) is 4.79 Å². The molecular weight excluding hydrogens is 178 g/mol. The number of rotatable bonds is 0. The summed E-state index contributed by atoms with van der Waals surface area (Å²) in [6.45, 7) is 3.97. The SMILES string of the molecule is C[C@@H]1OC(=O)Nc2ccccc2[C@@H]1C. The van der Waals surface area contributed by atoms with Crippen molar-refractivity contribution >= 4 is 11.8 Å². The Morgan fingerprint density at radius 3 is 2.79 bits per heavy atom. The van der Waals surface area contributed by atoms with Crippen LogP contribution >= 0.6 is 0 Å². The highest BCUT2D eigenvalue weighted by atomic mass is 16.6. The van der Waals surface area contributed by atoms with E-state index in [2.05, 4.69) is 12.2 Å². The first-order chi connectivity index (χ1) is 6.68. The molecule has 1 amide bonds. The van der Waals surface area contributed by atoms with Crippen molar-refractivity contribution in [2.45, 2.75) is 25.9 Å². The molecule has 0 bridgehead atoms. The zero-order chi connectivity index (χ0) is 10.1. The summed E-state index contributed by atoms with van der Waals surface area (Å²) in [7, 11) is 0. The summed E-state index contributed by atoms with van der Waals surface area (Å²) in [6.07, 6.45) is -0.451. The second kappa shape index (κ2) is 3.33. The van der Waals surface area contributed by atoms with Gasteiger partial charge in [0, 0.05) is 11.6 Å². The standard InChI is InChI=1S/C11H13NO2/c1-7-8(2)14-11(13)12-10-6-4-3-5-9(7)10/h3-8H,1-2H3,(H,12,13)/t7-,8+/m1/s1. The molecular formula is C11H13NO2. The lowest BCUT2D eigenvalue weighted by Crippen LogP contribution is -2.19. The Balaban J connectivity index is 2.46. The van der Waals surface area contributed by atoms with Crippen molar-refractivity contribution in [3.63, 3.8) is 0 Å². The molecule has 1 aliphatic rings. The van der Waals surface area contributed by atoms with Crippen molar-refractivity contribution in [3.8, 4) is 0 Å². The number of carbonyl (C=O) groups is 1. The van der Waals surface area contributed by atoms with Crippen LogP contribution in [0.5, 0.6) is 0 Å². The predicted octanol–water partition coefficient (Wildman–Crippen LogP) is 2.74. The van der Waals surface area contributed by atoms with E-state index in [-0.39, 0.29) is 18.1 Å². The zero-order valence-corrected chi connectivity index (χ0v) is 8.28. The van der Waals surface area contributed by atoms with E-state index in [4.69, 9.17) is 4.74 Å². The maximum atomic E-state index is 11.3. The van der Waals surface area contributed by atoms with Gasteiger partial charge in [0.25, 0.3) is 0 Å². The lowest BCUT2D eigenvalue weighted by Gasteiger charge is -2.16. The molecule has 0 saturated carbocycles. The number of nitrogens with one attached hydrogen (secondary N) is 1. The highest BCUT2D eigenvalue weighted by molar-refractivity contribution is 5.86. The van der Waals surface area contributed by atoms with Crippen molar-refractivity contribution in [2.24, 2.45) is 0 Å². The third-order valence-electron chi connectivity index (χ3n) is 2.69. The van der Waals surface area contributed by atoms with Gasteiger partial charge in [0.2, 0.25) is 0 Å². The number of anilines is 1. The maximum Gasteiger partial charge on any atom is 0.411 e. The van der Waals surface area contributed by atoms with E-state index >= 15 is 0 Å². The highest BCUT2D eigenvalue weighted by Crippen LogP contribution is 2.30. The number of hydrogen-bond acceptors (Lipinski definition) is 2. The van der Waals surface area contributed by atoms with Crippen LogP contribution in [-0.4, -0.2) is 12.2 Å². The van der Waals surface area contributed by atoms with Crippen LogP contribution in [0.2, 0.25) is 0 Å². The van der Waals surface area contributed by atoms with Crippen molar-refractivity contribution in [1.82, 2.24) is 0 Å². The Hall–Kier alpha value is -1.51. The topological polar surface area (TPSA) is 38.3 Å². The maximum absolute atomic E-state index is 11.3. The summed E-state index contributed by atoms with van der Waals surface area (Å²) in [5.41, 5.74) is 1.99. The molecule has 2 atom stereocenters. The molecule has 0 aliphatic carbocycles. The van der Waals surface area contributed by atoms with Gasteiger partial charge in [-0.15, -0.1) is 0 Å². The fourth-order valence-electron chi connectivity index (χ4n) is 1.67. The molecule has 0 radical (unpaired) electrons. The molecule has 0 unspecified atom stereocenters. The van der Waals surface area contributed by atoms with Crippen molar-refractivity contribution in [3.05, 3.63) is 29.8 Å². The molecule has 74 valence electrons. The van der Waals surface area contributed by atoms with Crippen LogP contribution in [0.4, 0.5) is 10.5 Å². The van der Waals surface area contributed by atoms with E-state index in [9.17, 15) is 4.79 Å². The highest BCUT2D eigenvalue weighted by Gasteiger charge is 2.25. The van der Waals surface area contributed by atoms with Crippen LogP contribution < -0.4 is 5.32 Å². The number of hydrogen-bond donors (Lipinski definition) is 1. The number of para-hydroxylation sites is 1. The van der Waals surface area contributed by atoms with Crippen LogP contribution in [0, 0.1) is 0 Å². The third kappa shape index (κ3) is 1.45. The van der Waals surface area contributed by atoms with Crippen LogP contribution in [0.1, 0.15) is 25.3 Å². The van der Waals surface area contributed by atoms with Gasteiger partial charge < -0.3 is 4.74 Å². The first-order valence-electron chi connectivity index (χ1n) is 4.75. The van der Waals surface area contributed by atoms with Gasteiger partial charge in [-0.1, -0.05) is 25.1 Å². The van der Waals surface area contributed by atoms with E-state index in [0.29, 0.717) is 0 Å². The van der Waals surface area contributed by atoms with E-state index in [1.807, 2.05) is 31.2 Å². The fourth-order valence-corrected chi connectivity index (χ4v) is 1.67. The lowest BCUT2D eigenvalue weighted by atomic mass is 9.95. The molecule has 1 aromatic rings. The molecule has 0 fully saturated rings. The van der Waals surface area contributed by atoms with Crippen molar-refractivity contribution in [2.75, 3.05) is 5.32 Å². The van der Waals surface area contributed by atoms with Crippen molar-refractivity contribution < 1.29 is 9.53 Å². The first kappa shape index (κ1) is 9.06. The molecule has 0 spiro atoms. The van der Waals surface area contributed by atoms with Crippen LogP contribution in [-0.2, 0) is 4.74 Å². The molecule has 1 aromatic carbocycles. The Bertz CT molecular complexity index is 362. The average molecular weight is 191 g/mol. The third-order valence-corrected chi connectivity index (χ3v) is 2.69. The monoisotopic (exact) mass is 191 g/mol. The number of cyclic esters (lactones) is 1. The average Bonchev–Trinajstić information content (AvgIpc) is 2.26. The summed E-state index contributed by atoms with van der Waals surface area (Å²) in [5, 5.41) is 2.72. The number of benzene rings is 1. The number of fused-ring (bicyclic) bond motifs is 1. The van der Waals surface area contributed by atoms with Crippen LogP contribution in [0.15, 0.2) is 24.3 Å². The quantitative estimate of drug-likeness (QED) is 0.684. The summed E-state index contributed by atoms with van der Waals surface area (Å²) in [4.78, 5) is 11.3. The minimum Gasteiger partial charge on any atom is -0.446 e. The smallest absolute Gasteiger partial charge is 0.411 e. The summed E-state index contributed by atoms with van der Waals surface area (Å²) in [5.74, 6) is 0.227. The molecule has 0 saturated heterocycles. The lowest BCUT2D eigenvalue weighted by molar-refractivity contribution is 0.110. The zero-order valence-electron chi connectivity index (χ0n) is 8.28. The fraction of sp³-hybridized carbons (Fsp3) is 0.364. The van der Waals surface area contributed by atoms with Gasteiger partial charge in [-0.2, -0.15) is 0 Å². The first-order valence-corrected chi connectivity index (χ1v) is 4.75. The molecule has 1 heterocycles. The minimum absolute atomic E-state index is 0.0846. The van der Waals surface area contributed by atoms with Gasteiger partial charge in [0.05, 0.1) is 0 Å². The van der Waals surface area contributed by atoms with E-state index in [1.165, 1.54) is 0 Å². The second-order valence-corrected chi connectivity index (χ2v) is 3.61.